The van der Waals surface area contributed by atoms with Crippen LogP contribution in [0, 0.1) is 11.8 Å². The van der Waals surface area contributed by atoms with Crippen molar-refractivity contribution in [3.63, 3.8) is 0 Å². The summed E-state index contributed by atoms with van der Waals surface area (Å²) < 4.78 is 5.35. The van der Waals surface area contributed by atoms with Crippen LogP contribution in [0.1, 0.15) is 25.7 Å². The number of carbonyl (C=O) groups excluding carboxylic acids is 2. The number of carbonyl (C=O) groups is 2. The number of hydrogen-bond donors (Lipinski definition) is 3. The van der Waals surface area contributed by atoms with Gasteiger partial charge in [-0.3, -0.25) is 4.79 Å². The van der Waals surface area contributed by atoms with E-state index in [0.717, 1.165) is 0 Å². The maximum absolute atomic E-state index is 12.2. The zero-order valence-corrected chi connectivity index (χ0v) is 12.2. The van der Waals surface area contributed by atoms with Crippen LogP contribution in [-0.4, -0.2) is 24.6 Å². The standard InChI is InChI=1S/C16H19N3O3/c20-14-8-22-13-7-11(5-6-12(13)18-14)17-16(21)19-15(9-1-2-9)10-3-4-10/h5-7,9-10,15H,1-4,8H2,(H,18,20)(H2,17,19,21). The van der Waals surface area contributed by atoms with E-state index in [1.54, 1.807) is 18.2 Å². The quantitative estimate of drug-likeness (QED) is 0.798. The van der Waals surface area contributed by atoms with Gasteiger partial charge in [0.05, 0.1) is 5.69 Å². The Morgan fingerprint density at radius 3 is 2.64 bits per heavy atom. The Hall–Kier alpha value is -2.24. The number of fused-ring (bicyclic) bond motifs is 1. The molecular formula is C16H19N3O3. The zero-order chi connectivity index (χ0) is 15.1. The minimum absolute atomic E-state index is 0.00802. The molecule has 1 aromatic rings. The molecule has 2 saturated carbocycles. The highest BCUT2D eigenvalue weighted by atomic mass is 16.5. The average Bonchev–Trinajstić information content (AvgIpc) is 3.38. The Balaban J connectivity index is 1.40. The molecule has 0 aromatic heterocycles. The molecule has 1 heterocycles. The van der Waals surface area contributed by atoms with Gasteiger partial charge in [0, 0.05) is 17.8 Å². The highest BCUT2D eigenvalue weighted by Gasteiger charge is 2.42. The zero-order valence-electron chi connectivity index (χ0n) is 12.2. The second-order valence-electron chi connectivity index (χ2n) is 6.35. The summed E-state index contributed by atoms with van der Waals surface area (Å²) in [6.07, 6.45) is 4.92. The highest BCUT2D eigenvalue weighted by molar-refractivity contribution is 5.96. The van der Waals surface area contributed by atoms with Crippen molar-refractivity contribution in [1.29, 1.82) is 0 Å². The Kier molecular flexibility index (Phi) is 3.17. The van der Waals surface area contributed by atoms with Crippen molar-refractivity contribution in [3.8, 4) is 5.75 Å². The smallest absolute Gasteiger partial charge is 0.319 e. The number of nitrogens with one attached hydrogen (secondary N) is 3. The summed E-state index contributed by atoms with van der Waals surface area (Å²) in [6, 6.07) is 5.40. The predicted octanol–water partition coefficient (Wildman–Crippen LogP) is 2.33. The minimum Gasteiger partial charge on any atom is -0.482 e. The van der Waals surface area contributed by atoms with E-state index >= 15 is 0 Å². The van der Waals surface area contributed by atoms with Crippen molar-refractivity contribution in [2.75, 3.05) is 17.2 Å². The number of urea groups is 1. The molecular weight excluding hydrogens is 282 g/mol. The highest BCUT2D eigenvalue weighted by Crippen LogP contribution is 2.44. The van der Waals surface area contributed by atoms with Crippen LogP contribution in [0.4, 0.5) is 16.2 Å². The van der Waals surface area contributed by atoms with Crippen molar-refractivity contribution in [3.05, 3.63) is 18.2 Å². The Morgan fingerprint density at radius 2 is 1.95 bits per heavy atom. The minimum atomic E-state index is -0.164. The van der Waals surface area contributed by atoms with Crippen LogP contribution in [-0.2, 0) is 4.79 Å². The first-order valence-corrected chi connectivity index (χ1v) is 7.83. The fourth-order valence-corrected chi connectivity index (χ4v) is 3.00. The van der Waals surface area contributed by atoms with E-state index < -0.39 is 0 Å². The van der Waals surface area contributed by atoms with E-state index in [1.807, 2.05) is 0 Å². The molecule has 3 aliphatic rings. The third-order valence-corrected chi connectivity index (χ3v) is 4.43. The van der Waals surface area contributed by atoms with Gasteiger partial charge in [-0.2, -0.15) is 0 Å². The van der Waals surface area contributed by atoms with Crippen molar-refractivity contribution in [2.24, 2.45) is 11.8 Å². The topological polar surface area (TPSA) is 79.5 Å². The Bertz CT molecular complexity index is 611. The van der Waals surface area contributed by atoms with Gasteiger partial charge in [-0.05, 0) is 49.7 Å². The average molecular weight is 301 g/mol. The van der Waals surface area contributed by atoms with Gasteiger partial charge in [0.25, 0.3) is 5.91 Å². The van der Waals surface area contributed by atoms with Gasteiger partial charge in [0.2, 0.25) is 0 Å². The summed E-state index contributed by atoms with van der Waals surface area (Å²) in [5, 5.41) is 8.70. The number of amides is 3. The van der Waals surface area contributed by atoms with Gasteiger partial charge in [-0.1, -0.05) is 0 Å². The van der Waals surface area contributed by atoms with Gasteiger partial charge in [0.15, 0.2) is 6.61 Å². The SMILES string of the molecule is O=C1COc2cc(NC(=O)NC(C3CC3)C3CC3)ccc2N1. The van der Waals surface area contributed by atoms with Crippen molar-refractivity contribution >= 4 is 23.3 Å². The van der Waals surface area contributed by atoms with E-state index in [1.165, 1.54) is 25.7 Å². The molecule has 0 saturated heterocycles. The summed E-state index contributed by atoms with van der Waals surface area (Å²) in [6.45, 7) is 0.00802. The van der Waals surface area contributed by atoms with Crippen LogP contribution in [0.15, 0.2) is 18.2 Å². The van der Waals surface area contributed by atoms with Crippen LogP contribution in [0.3, 0.4) is 0 Å². The molecule has 22 heavy (non-hydrogen) atoms. The molecule has 2 aliphatic carbocycles. The molecule has 3 N–H and O–H groups in total. The molecule has 0 bridgehead atoms. The van der Waals surface area contributed by atoms with Gasteiger partial charge in [-0.25, -0.2) is 4.79 Å². The maximum atomic E-state index is 12.2. The summed E-state index contributed by atoms with van der Waals surface area (Å²) in [7, 11) is 0. The normalized spacial score (nSPS) is 20.0. The lowest BCUT2D eigenvalue weighted by atomic mass is 10.1. The van der Waals surface area contributed by atoms with Gasteiger partial charge >= 0.3 is 6.03 Å². The lowest BCUT2D eigenvalue weighted by Gasteiger charge is -2.20. The number of rotatable bonds is 4. The molecule has 1 aromatic carbocycles. The first kappa shape index (κ1) is 13.4. The Labute approximate surface area is 128 Å². The molecule has 0 radical (unpaired) electrons. The summed E-state index contributed by atoms with van der Waals surface area (Å²) in [4.78, 5) is 23.4. The second kappa shape index (κ2) is 5.19. The van der Waals surface area contributed by atoms with E-state index in [0.29, 0.717) is 35.0 Å². The molecule has 1 aliphatic heterocycles. The third-order valence-electron chi connectivity index (χ3n) is 4.43. The van der Waals surface area contributed by atoms with Gasteiger partial charge in [0.1, 0.15) is 5.75 Å². The largest absolute Gasteiger partial charge is 0.482 e. The number of hydrogen-bond acceptors (Lipinski definition) is 3. The fraction of sp³-hybridized carbons (Fsp3) is 0.500. The molecule has 4 rings (SSSR count). The molecule has 116 valence electrons. The molecule has 6 heteroatoms. The van der Waals surface area contributed by atoms with Crippen LogP contribution < -0.4 is 20.7 Å². The lowest BCUT2D eigenvalue weighted by Crippen LogP contribution is -2.40. The first-order valence-electron chi connectivity index (χ1n) is 7.83. The van der Waals surface area contributed by atoms with Crippen molar-refractivity contribution < 1.29 is 14.3 Å². The number of anilines is 2. The molecule has 0 atom stereocenters. The molecule has 6 nitrogen and oxygen atoms in total. The molecule has 3 amide bonds. The molecule has 0 spiro atoms. The number of ether oxygens (including phenoxy) is 1. The predicted molar refractivity (Wildman–Crippen MR) is 82.0 cm³/mol. The van der Waals surface area contributed by atoms with Crippen molar-refractivity contribution in [2.45, 2.75) is 31.7 Å². The van der Waals surface area contributed by atoms with E-state index in [9.17, 15) is 9.59 Å². The second-order valence-corrected chi connectivity index (χ2v) is 6.35. The lowest BCUT2D eigenvalue weighted by molar-refractivity contribution is -0.118. The van der Waals surface area contributed by atoms with Crippen LogP contribution in [0.25, 0.3) is 0 Å². The Morgan fingerprint density at radius 1 is 1.23 bits per heavy atom. The maximum Gasteiger partial charge on any atom is 0.319 e. The molecule has 2 fully saturated rings. The first-order chi connectivity index (χ1) is 10.7. The van der Waals surface area contributed by atoms with Crippen LogP contribution in [0.2, 0.25) is 0 Å². The van der Waals surface area contributed by atoms with Crippen molar-refractivity contribution in [1.82, 2.24) is 5.32 Å². The monoisotopic (exact) mass is 301 g/mol. The van der Waals surface area contributed by atoms with E-state index in [2.05, 4.69) is 16.0 Å². The summed E-state index contributed by atoms with van der Waals surface area (Å²) in [5.41, 5.74) is 1.30. The van der Waals surface area contributed by atoms with Crippen LogP contribution >= 0.6 is 0 Å². The molecule has 0 unspecified atom stereocenters. The summed E-state index contributed by atoms with van der Waals surface area (Å²) in [5.74, 6) is 1.75. The van der Waals surface area contributed by atoms with E-state index in [4.69, 9.17) is 4.74 Å². The van der Waals surface area contributed by atoms with Crippen LogP contribution in [0.5, 0.6) is 5.75 Å². The van der Waals surface area contributed by atoms with E-state index in [-0.39, 0.29) is 18.5 Å². The third kappa shape index (κ3) is 2.86. The summed E-state index contributed by atoms with van der Waals surface area (Å²) >= 11 is 0. The van der Waals surface area contributed by atoms with Gasteiger partial charge in [-0.15, -0.1) is 0 Å². The van der Waals surface area contributed by atoms with Gasteiger partial charge < -0.3 is 20.7 Å². The number of benzene rings is 1. The fourth-order valence-electron chi connectivity index (χ4n) is 3.00.